The highest BCUT2D eigenvalue weighted by molar-refractivity contribution is 6.30. The Hall–Kier alpha value is -2.87. The van der Waals surface area contributed by atoms with E-state index in [4.69, 9.17) is 11.6 Å². The van der Waals surface area contributed by atoms with E-state index in [0.717, 1.165) is 10.1 Å². The molecular weight excluding hydrogens is 379 g/mol. The Labute approximate surface area is 157 Å². The van der Waals surface area contributed by atoms with Gasteiger partial charge in [0.2, 0.25) is 0 Å². The molecule has 0 spiro atoms. The molecule has 0 bridgehead atoms. The van der Waals surface area contributed by atoms with Crippen LogP contribution in [-0.4, -0.2) is 30.3 Å². The van der Waals surface area contributed by atoms with Crippen molar-refractivity contribution in [3.05, 3.63) is 65.8 Å². The Morgan fingerprint density at radius 3 is 2.67 bits per heavy atom. The van der Waals surface area contributed by atoms with Crippen molar-refractivity contribution in [3.8, 4) is 11.4 Å². The lowest BCUT2D eigenvalue weighted by Crippen LogP contribution is -2.21. The molecule has 4 aromatic rings. The summed E-state index contributed by atoms with van der Waals surface area (Å²) in [4.78, 5) is 12.7. The predicted molar refractivity (Wildman–Crippen MR) is 95.4 cm³/mol. The largest absolute Gasteiger partial charge is 0.406 e. The minimum atomic E-state index is -4.38. The molecule has 0 aliphatic heterocycles. The molecule has 1 aromatic carbocycles. The lowest BCUT2D eigenvalue weighted by molar-refractivity contribution is -0.140. The fourth-order valence-electron chi connectivity index (χ4n) is 2.95. The molecule has 0 unspecified atom stereocenters. The van der Waals surface area contributed by atoms with Gasteiger partial charge in [0.15, 0.2) is 5.65 Å². The summed E-state index contributed by atoms with van der Waals surface area (Å²) in [5, 5.41) is 0.551. The first-order valence-corrected chi connectivity index (χ1v) is 8.42. The molecule has 0 saturated carbocycles. The minimum Gasteiger partial charge on any atom is -0.323 e. The molecule has 0 N–H and O–H groups in total. The van der Waals surface area contributed by atoms with Gasteiger partial charge in [-0.2, -0.15) is 13.2 Å². The second kappa shape index (κ2) is 6.70. The topological polar surface area (TPSA) is 48.5 Å². The fraction of sp³-hybridized carbons (Fsp3) is 0.167. The van der Waals surface area contributed by atoms with Crippen LogP contribution >= 0.6 is 11.6 Å². The number of halogens is 4. The van der Waals surface area contributed by atoms with Gasteiger partial charge in [-0.1, -0.05) is 23.7 Å². The monoisotopic (exact) mass is 391 g/mol. The van der Waals surface area contributed by atoms with Crippen molar-refractivity contribution in [2.45, 2.75) is 19.3 Å². The van der Waals surface area contributed by atoms with Crippen molar-refractivity contribution in [2.75, 3.05) is 0 Å². The van der Waals surface area contributed by atoms with E-state index < -0.39 is 12.7 Å². The van der Waals surface area contributed by atoms with Crippen molar-refractivity contribution in [1.82, 2.24) is 24.1 Å². The first kappa shape index (κ1) is 17.5. The minimum absolute atomic E-state index is 0.119. The van der Waals surface area contributed by atoms with Crippen LogP contribution in [-0.2, 0) is 13.1 Å². The van der Waals surface area contributed by atoms with Gasteiger partial charge in [-0.15, -0.1) is 0 Å². The molecule has 138 valence electrons. The van der Waals surface area contributed by atoms with E-state index >= 15 is 0 Å². The third-order valence-electron chi connectivity index (χ3n) is 4.03. The predicted octanol–water partition coefficient (Wildman–Crippen LogP) is 4.56. The van der Waals surface area contributed by atoms with Crippen LogP contribution in [0.1, 0.15) is 5.82 Å². The van der Waals surface area contributed by atoms with Crippen LogP contribution in [0.4, 0.5) is 13.2 Å². The second-order valence-corrected chi connectivity index (χ2v) is 6.40. The summed E-state index contributed by atoms with van der Waals surface area (Å²) in [6, 6.07) is 10.4. The first-order valence-electron chi connectivity index (χ1n) is 8.05. The van der Waals surface area contributed by atoms with E-state index in [1.54, 1.807) is 47.3 Å². The summed E-state index contributed by atoms with van der Waals surface area (Å²) in [6.45, 7) is -1.04. The zero-order valence-corrected chi connectivity index (χ0v) is 14.6. The van der Waals surface area contributed by atoms with Gasteiger partial charge in [-0.05, 0) is 24.3 Å². The third-order valence-corrected chi connectivity index (χ3v) is 4.27. The molecule has 0 atom stereocenters. The molecule has 4 rings (SSSR count). The van der Waals surface area contributed by atoms with E-state index in [0.29, 0.717) is 16.4 Å². The van der Waals surface area contributed by atoms with E-state index in [1.807, 2.05) is 6.07 Å². The maximum atomic E-state index is 13.1. The molecule has 9 heteroatoms. The van der Waals surface area contributed by atoms with E-state index in [2.05, 4.69) is 15.0 Å². The number of aromatic nitrogens is 5. The Balaban J connectivity index is 1.77. The zero-order chi connectivity index (χ0) is 19.0. The van der Waals surface area contributed by atoms with Crippen LogP contribution in [0.3, 0.4) is 0 Å². The maximum Gasteiger partial charge on any atom is 0.406 e. The summed E-state index contributed by atoms with van der Waals surface area (Å²) >= 11 is 6.04. The van der Waals surface area contributed by atoms with Crippen LogP contribution in [0.25, 0.3) is 22.6 Å². The molecule has 0 aliphatic carbocycles. The van der Waals surface area contributed by atoms with Crippen LogP contribution in [0.2, 0.25) is 5.02 Å². The van der Waals surface area contributed by atoms with Gasteiger partial charge in [0.1, 0.15) is 23.7 Å². The van der Waals surface area contributed by atoms with Crippen LogP contribution in [0.5, 0.6) is 0 Å². The highest BCUT2D eigenvalue weighted by atomic mass is 35.5. The molecule has 5 nitrogen and oxygen atoms in total. The summed E-state index contributed by atoms with van der Waals surface area (Å²) < 4.78 is 42.1. The molecule has 27 heavy (non-hydrogen) atoms. The van der Waals surface area contributed by atoms with Crippen LogP contribution in [0, 0.1) is 0 Å². The summed E-state index contributed by atoms with van der Waals surface area (Å²) in [5.74, 6) is 0.846. The number of nitrogens with zero attached hydrogens (tertiary/aromatic N) is 5. The fourth-order valence-corrected chi connectivity index (χ4v) is 3.14. The third kappa shape index (κ3) is 3.66. The number of hydrogen-bond donors (Lipinski definition) is 0. The molecule has 0 aliphatic rings. The number of benzene rings is 1. The molecule has 3 heterocycles. The standard InChI is InChI=1S/C18H13ClF3N5/c19-13-4-1-3-12(9-13)16-24-7-8-26(16)10-15-25-14-5-2-6-23-17(14)27(15)11-18(20,21)22/h1-9H,10-11H2. The maximum absolute atomic E-state index is 13.1. The Kier molecular flexibility index (Phi) is 4.35. The van der Waals surface area contributed by atoms with E-state index in [9.17, 15) is 13.2 Å². The molecule has 0 saturated heterocycles. The highest BCUT2D eigenvalue weighted by Gasteiger charge is 2.30. The van der Waals surface area contributed by atoms with E-state index in [-0.39, 0.29) is 18.0 Å². The van der Waals surface area contributed by atoms with Gasteiger partial charge in [-0.25, -0.2) is 15.0 Å². The van der Waals surface area contributed by atoms with Gasteiger partial charge < -0.3 is 9.13 Å². The Morgan fingerprint density at radius 2 is 1.89 bits per heavy atom. The molecule has 0 radical (unpaired) electrons. The van der Waals surface area contributed by atoms with Crippen LogP contribution < -0.4 is 0 Å². The molecule has 0 fully saturated rings. The van der Waals surface area contributed by atoms with Gasteiger partial charge >= 0.3 is 6.18 Å². The molecule has 3 aromatic heterocycles. The molecule has 0 amide bonds. The van der Waals surface area contributed by atoms with Gasteiger partial charge in [-0.3, -0.25) is 0 Å². The summed E-state index contributed by atoms with van der Waals surface area (Å²) in [7, 11) is 0. The highest BCUT2D eigenvalue weighted by Crippen LogP contribution is 2.25. The number of imidazole rings is 2. The zero-order valence-electron chi connectivity index (χ0n) is 13.9. The van der Waals surface area contributed by atoms with Crippen molar-refractivity contribution in [1.29, 1.82) is 0 Å². The Morgan fingerprint density at radius 1 is 1.04 bits per heavy atom. The van der Waals surface area contributed by atoms with Gasteiger partial charge in [0.05, 0.1) is 6.54 Å². The van der Waals surface area contributed by atoms with Crippen molar-refractivity contribution < 1.29 is 13.2 Å². The molecular formula is C18H13ClF3N5. The first-order chi connectivity index (χ1) is 12.9. The smallest absolute Gasteiger partial charge is 0.323 e. The average molecular weight is 392 g/mol. The number of pyridine rings is 1. The normalized spacial score (nSPS) is 12.0. The number of rotatable bonds is 4. The average Bonchev–Trinajstić information content (AvgIpc) is 3.19. The summed E-state index contributed by atoms with van der Waals surface area (Å²) in [5.41, 5.74) is 1.39. The Bertz CT molecular complexity index is 1100. The number of alkyl halides is 3. The lowest BCUT2D eigenvalue weighted by atomic mass is 10.2. The second-order valence-electron chi connectivity index (χ2n) is 5.96. The quantitative estimate of drug-likeness (QED) is 0.512. The van der Waals surface area contributed by atoms with Gasteiger partial charge in [0, 0.05) is 29.2 Å². The SMILES string of the molecule is FC(F)(F)Cn1c(Cn2ccnc2-c2cccc(Cl)c2)nc2cccnc21. The van der Waals surface area contributed by atoms with Gasteiger partial charge in [0.25, 0.3) is 0 Å². The van der Waals surface area contributed by atoms with Crippen molar-refractivity contribution in [3.63, 3.8) is 0 Å². The summed E-state index contributed by atoms with van der Waals surface area (Å²) in [6.07, 6.45) is 0.353. The van der Waals surface area contributed by atoms with Crippen LogP contribution in [0.15, 0.2) is 55.0 Å². The number of fused-ring (bicyclic) bond motifs is 1. The van der Waals surface area contributed by atoms with Crippen molar-refractivity contribution in [2.24, 2.45) is 0 Å². The van der Waals surface area contributed by atoms with Crippen molar-refractivity contribution >= 4 is 22.8 Å². The number of hydrogen-bond acceptors (Lipinski definition) is 3. The lowest BCUT2D eigenvalue weighted by Gasteiger charge is -2.13. The van der Waals surface area contributed by atoms with E-state index in [1.165, 1.54) is 6.20 Å².